The summed E-state index contributed by atoms with van der Waals surface area (Å²) in [4.78, 5) is 15.2. The molecule has 0 aliphatic carbocycles. The van der Waals surface area contributed by atoms with Gasteiger partial charge in [0.2, 0.25) is 0 Å². The van der Waals surface area contributed by atoms with Crippen molar-refractivity contribution in [2.75, 3.05) is 41.5 Å². The van der Waals surface area contributed by atoms with E-state index in [0.717, 1.165) is 29.9 Å². The molecule has 0 radical (unpaired) electrons. The number of carbonyl (C=O) groups is 1. The lowest BCUT2D eigenvalue weighted by molar-refractivity contribution is 0.0932. The first-order chi connectivity index (χ1) is 15.9. The second-order valence-electron chi connectivity index (χ2n) is 8.26. The smallest absolute Gasteiger partial charge is 0.269 e. The van der Waals surface area contributed by atoms with Crippen LogP contribution in [-0.4, -0.2) is 62.1 Å². The molecule has 8 nitrogen and oxygen atoms in total. The van der Waals surface area contributed by atoms with Crippen molar-refractivity contribution in [3.8, 4) is 28.5 Å². The van der Waals surface area contributed by atoms with E-state index in [9.17, 15) is 4.79 Å². The summed E-state index contributed by atoms with van der Waals surface area (Å²) in [5.41, 5.74) is 4.24. The van der Waals surface area contributed by atoms with Gasteiger partial charge in [-0.15, -0.1) is 0 Å². The van der Waals surface area contributed by atoms with Crippen LogP contribution in [0.4, 0.5) is 0 Å². The molecule has 4 rings (SSSR count). The predicted octanol–water partition coefficient (Wildman–Crippen LogP) is 3.07. The van der Waals surface area contributed by atoms with Gasteiger partial charge in [-0.25, -0.2) is 0 Å². The minimum Gasteiger partial charge on any atom is -0.497 e. The number of aryl methyl sites for hydroxylation is 1. The Morgan fingerprint density at radius 2 is 2.00 bits per heavy atom. The van der Waals surface area contributed by atoms with E-state index in [1.807, 2.05) is 38.4 Å². The third kappa shape index (κ3) is 4.66. The van der Waals surface area contributed by atoms with Gasteiger partial charge in [-0.2, -0.15) is 5.10 Å². The zero-order valence-electron chi connectivity index (χ0n) is 19.7. The molecule has 1 aliphatic rings. The number of hydrogen-bond acceptors (Lipinski definition) is 6. The Bertz CT molecular complexity index is 1160. The molecular weight excluding hydrogens is 420 g/mol. The summed E-state index contributed by atoms with van der Waals surface area (Å²) >= 11 is 0. The minimum atomic E-state index is -0.186. The van der Waals surface area contributed by atoms with Crippen LogP contribution in [0, 0.1) is 0 Å². The highest BCUT2D eigenvalue weighted by atomic mass is 16.5. The summed E-state index contributed by atoms with van der Waals surface area (Å²) in [7, 11) is 9.00. The van der Waals surface area contributed by atoms with Gasteiger partial charge in [0.05, 0.1) is 32.6 Å². The summed E-state index contributed by atoms with van der Waals surface area (Å²) in [5.74, 6) is 2.12. The number of aromatic nitrogens is 2. The molecule has 1 unspecified atom stereocenters. The van der Waals surface area contributed by atoms with E-state index in [1.165, 1.54) is 5.56 Å². The van der Waals surface area contributed by atoms with Gasteiger partial charge in [-0.1, -0.05) is 12.1 Å². The zero-order chi connectivity index (χ0) is 23.5. The molecule has 33 heavy (non-hydrogen) atoms. The number of amides is 1. The van der Waals surface area contributed by atoms with Crippen molar-refractivity contribution in [3.05, 3.63) is 59.3 Å². The van der Waals surface area contributed by atoms with E-state index in [1.54, 1.807) is 32.0 Å². The fraction of sp³-hybridized carbons (Fsp3) is 0.360. The Hall–Kier alpha value is -3.52. The fourth-order valence-corrected chi connectivity index (χ4v) is 4.12. The van der Waals surface area contributed by atoms with Gasteiger partial charge in [0.1, 0.15) is 22.9 Å². The molecule has 3 aromatic rings. The number of benzene rings is 2. The molecular formula is C25H30N4O4. The molecule has 1 amide bonds. The summed E-state index contributed by atoms with van der Waals surface area (Å²) in [5, 5.41) is 7.62. The number of nitrogens with zero attached hydrogens (tertiary/aromatic N) is 3. The number of ether oxygens (including phenoxy) is 3. The highest BCUT2D eigenvalue weighted by Gasteiger charge is 2.22. The van der Waals surface area contributed by atoms with Crippen LogP contribution in [0.2, 0.25) is 0 Å². The highest BCUT2D eigenvalue weighted by Crippen LogP contribution is 2.33. The molecule has 0 bridgehead atoms. The molecule has 2 aromatic carbocycles. The Balaban J connectivity index is 1.52. The van der Waals surface area contributed by atoms with E-state index in [2.05, 4.69) is 27.4 Å². The van der Waals surface area contributed by atoms with E-state index in [-0.39, 0.29) is 11.9 Å². The zero-order valence-corrected chi connectivity index (χ0v) is 19.7. The lowest BCUT2D eigenvalue weighted by atomic mass is 10.0. The summed E-state index contributed by atoms with van der Waals surface area (Å²) in [6.07, 6.45) is 0.918. The monoisotopic (exact) mass is 450 g/mol. The maximum atomic E-state index is 13.1. The first-order valence-electron chi connectivity index (χ1n) is 10.9. The quantitative estimate of drug-likeness (QED) is 0.568. The average molecular weight is 451 g/mol. The van der Waals surface area contributed by atoms with E-state index >= 15 is 0 Å². The first-order valence-corrected chi connectivity index (χ1v) is 10.9. The van der Waals surface area contributed by atoms with Gasteiger partial charge in [-0.3, -0.25) is 9.48 Å². The van der Waals surface area contributed by atoms with Crippen LogP contribution in [0.5, 0.6) is 17.2 Å². The second kappa shape index (κ2) is 9.54. The molecule has 0 saturated carbocycles. The molecule has 8 heteroatoms. The number of hydrogen-bond donors (Lipinski definition) is 1. The summed E-state index contributed by atoms with van der Waals surface area (Å²) in [6, 6.07) is 13.6. The number of likely N-dealkylation sites (N-methyl/N-ethyl adjacent to an activating group) is 1. The fourth-order valence-electron chi connectivity index (χ4n) is 4.12. The van der Waals surface area contributed by atoms with E-state index < -0.39 is 0 Å². The Morgan fingerprint density at radius 3 is 2.73 bits per heavy atom. The Labute approximate surface area is 194 Å². The topological polar surface area (TPSA) is 77.9 Å². The SMILES string of the molecule is COc1ccc(OC)c(-c2cc(C(=O)NCC(c3ccc4c(c3)CCO4)N(C)C)n(C)n2)c1. The van der Waals surface area contributed by atoms with Crippen molar-refractivity contribution in [1.82, 2.24) is 20.0 Å². The van der Waals surface area contributed by atoms with Crippen molar-refractivity contribution in [2.45, 2.75) is 12.5 Å². The van der Waals surface area contributed by atoms with Gasteiger partial charge in [0, 0.05) is 25.6 Å². The number of nitrogens with one attached hydrogen (secondary N) is 1. The van der Waals surface area contributed by atoms with Crippen LogP contribution in [-0.2, 0) is 13.5 Å². The van der Waals surface area contributed by atoms with Crippen molar-refractivity contribution in [3.63, 3.8) is 0 Å². The number of methoxy groups -OCH3 is 2. The number of fused-ring (bicyclic) bond motifs is 1. The lowest BCUT2D eigenvalue weighted by Gasteiger charge is -2.25. The Morgan fingerprint density at radius 1 is 1.18 bits per heavy atom. The molecule has 0 spiro atoms. The molecule has 0 fully saturated rings. The lowest BCUT2D eigenvalue weighted by Crippen LogP contribution is -2.35. The summed E-state index contributed by atoms with van der Waals surface area (Å²) < 4.78 is 18.0. The highest BCUT2D eigenvalue weighted by molar-refractivity contribution is 5.94. The molecule has 174 valence electrons. The van der Waals surface area contributed by atoms with Crippen molar-refractivity contribution in [2.24, 2.45) is 7.05 Å². The number of rotatable bonds is 8. The van der Waals surface area contributed by atoms with Gasteiger partial charge >= 0.3 is 0 Å². The van der Waals surface area contributed by atoms with Crippen molar-refractivity contribution >= 4 is 5.91 Å². The summed E-state index contributed by atoms with van der Waals surface area (Å²) in [6.45, 7) is 1.19. The normalized spacial score (nSPS) is 13.4. The maximum absolute atomic E-state index is 13.1. The van der Waals surface area contributed by atoms with Crippen LogP contribution < -0.4 is 19.5 Å². The molecule has 1 aromatic heterocycles. The predicted molar refractivity (Wildman–Crippen MR) is 126 cm³/mol. The third-order valence-electron chi connectivity index (χ3n) is 5.97. The third-order valence-corrected chi connectivity index (χ3v) is 5.97. The van der Waals surface area contributed by atoms with Gasteiger partial charge in [-0.05, 0) is 55.6 Å². The molecule has 0 saturated heterocycles. The standard InChI is InChI=1S/C25H30N4O4/c1-28(2)22(16-6-8-23-17(12-16)10-11-33-23)15-26-25(30)21-14-20(27-29(21)3)19-13-18(31-4)7-9-24(19)32-5/h6-9,12-14,22H,10-11,15H2,1-5H3,(H,26,30). The van der Waals surface area contributed by atoms with Crippen molar-refractivity contribution < 1.29 is 19.0 Å². The largest absolute Gasteiger partial charge is 0.497 e. The minimum absolute atomic E-state index is 0.0334. The van der Waals surface area contributed by atoms with Crippen LogP contribution in [0.1, 0.15) is 27.7 Å². The second-order valence-corrected chi connectivity index (χ2v) is 8.26. The van der Waals surface area contributed by atoms with Crippen LogP contribution in [0.25, 0.3) is 11.3 Å². The molecule has 2 heterocycles. The van der Waals surface area contributed by atoms with Gasteiger partial charge in [0.25, 0.3) is 5.91 Å². The van der Waals surface area contributed by atoms with E-state index in [4.69, 9.17) is 14.2 Å². The van der Waals surface area contributed by atoms with Crippen molar-refractivity contribution in [1.29, 1.82) is 0 Å². The number of carbonyl (C=O) groups excluding carboxylic acids is 1. The molecule has 1 N–H and O–H groups in total. The Kier molecular flexibility index (Phi) is 6.55. The van der Waals surface area contributed by atoms with Gasteiger partial charge < -0.3 is 24.4 Å². The average Bonchev–Trinajstić information content (AvgIpc) is 3.44. The van der Waals surface area contributed by atoms with Crippen LogP contribution in [0.15, 0.2) is 42.5 Å². The van der Waals surface area contributed by atoms with Crippen LogP contribution >= 0.6 is 0 Å². The van der Waals surface area contributed by atoms with Crippen LogP contribution in [0.3, 0.4) is 0 Å². The first kappa shape index (κ1) is 22.7. The molecule has 1 atom stereocenters. The van der Waals surface area contributed by atoms with Gasteiger partial charge in [0.15, 0.2) is 0 Å². The van der Waals surface area contributed by atoms with E-state index in [0.29, 0.717) is 29.4 Å². The molecule has 1 aliphatic heterocycles. The maximum Gasteiger partial charge on any atom is 0.269 e.